The van der Waals surface area contributed by atoms with Crippen LogP contribution < -0.4 is 5.32 Å². The third-order valence-corrected chi connectivity index (χ3v) is 2.35. The van der Waals surface area contributed by atoms with Crippen LogP contribution in [-0.2, 0) is 11.2 Å². The Morgan fingerprint density at radius 3 is 2.72 bits per heavy atom. The van der Waals surface area contributed by atoms with Gasteiger partial charge >= 0.3 is 0 Å². The van der Waals surface area contributed by atoms with E-state index in [0.717, 1.165) is 6.07 Å². The third-order valence-electron chi connectivity index (χ3n) is 2.35. The third kappa shape index (κ3) is 3.04. The van der Waals surface area contributed by atoms with E-state index in [1.54, 1.807) is 18.2 Å². The lowest BCUT2D eigenvalue weighted by atomic mass is 10.1. The molecule has 0 bridgehead atoms. The zero-order valence-electron chi connectivity index (χ0n) is 9.43. The van der Waals surface area contributed by atoms with E-state index in [1.165, 1.54) is 18.3 Å². The lowest BCUT2D eigenvalue weighted by Crippen LogP contribution is -2.14. The Balaban J connectivity index is 2.01. The van der Waals surface area contributed by atoms with Crippen LogP contribution in [-0.4, -0.2) is 16.0 Å². The highest BCUT2D eigenvalue weighted by Crippen LogP contribution is 2.16. The molecule has 0 aliphatic rings. The fraction of sp³-hybridized carbons (Fsp3) is 0.0769. The number of para-hydroxylation sites is 1. The number of rotatable bonds is 3. The fourth-order valence-electron chi connectivity index (χ4n) is 1.49. The number of pyridine rings is 1. The monoisotopic (exact) mass is 246 g/mol. The van der Waals surface area contributed by atoms with E-state index >= 15 is 0 Å². The van der Waals surface area contributed by atoms with Gasteiger partial charge in [0.2, 0.25) is 11.9 Å². The Morgan fingerprint density at radius 1 is 1.28 bits per heavy atom. The molecule has 1 aromatic heterocycles. The molecule has 0 fully saturated rings. The van der Waals surface area contributed by atoms with Gasteiger partial charge in [0.1, 0.15) is 5.75 Å². The van der Waals surface area contributed by atoms with Crippen molar-refractivity contribution < 1.29 is 14.3 Å². The minimum atomic E-state index is -0.603. The Labute approximate surface area is 103 Å². The molecule has 0 unspecified atom stereocenters. The first-order chi connectivity index (χ1) is 8.65. The first-order valence-corrected chi connectivity index (χ1v) is 5.33. The van der Waals surface area contributed by atoms with Gasteiger partial charge in [-0.05, 0) is 18.2 Å². The Hall–Kier alpha value is -2.43. The van der Waals surface area contributed by atoms with Crippen LogP contribution in [0.3, 0.4) is 0 Å². The number of carbonyl (C=O) groups is 1. The highest BCUT2D eigenvalue weighted by Gasteiger charge is 2.07. The molecular weight excluding hydrogens is 235 g/mol. The Kier molecular flexibility index (Phi) is 3.52. The number of anilines is 1. The van der Waals surface area contributed by atoms with Crippen molar-refractivity contribution in [1.82, 2.24) is 4.98 Å². The molecule has 2 rings (SSSR count). The van der Waals surface area contributed by atoms with Crippen LogP contribution in [0.15, 0.2) is 42.6 Å². The van der Waals surface area contributed by atoms with Gasteiger partial charge in [0.15, 0.2) is 0 Å². The summed E-state index contributed by atoms with van der Waals surface area (Å²) in [6.07, 6.45) is 1.28. The molecule has 1 aromatic carbocycles. The number of amides is 1. The molecule has 0 saturated carbocycles. The summed E-state index contributed by atoms with van der Waals surface area (Å²) < 4.78 is 12.6. The van der Waals surface area contributed by atoms with Crippen molar-refractivity contribution in [2.75, 3.05) is 5.32 Å². The van der Waals surface area contributed by atoms with Crippen LogP contribution in [0.25, 0.3) is 0 Å². The summed E-state index contributed by atoms with van der Waals surface area (Å²) in [6.45, 7) is 0. The maximum absolute atomic E-state index is 12.6. The molecule has 18 heavy (non-hydrogen) atoms. The van der Waals surface area contributed by atoms with E-state index in [9.17, 15) is 14.3 Å². The first kappa shape index (κ1) is 12.0. The van der Waals surface area contributed by atoms with Crippen molar-refractivity contribution in [3.05, 3.63) is 54.1 Å². The molecule has 2 N–H and O–H groups in total. The molecule has 0 aliphatic carbocycles. The minimum absolute atomic E-state index is 0.0457. The molecule has 2 aromatic rings. The molecule has 0 aliphatic heterocycles. The van der Waals surface area contributed by atoms with Gasteiger partial charge < -0.3 is 10.4 Å². The lowest BCUT2D eigenvalue weighted by Gasteiger charge is -2.06. The maximum atomic E-state index is 12.6. The SMILES string of the molecule is O=C(Cc1ccccc1O)Nc1ccc(F)nc1. The second-order valence-electron chi connectivity index (χ2n) is 3.72. The van der Waals surface area contributed by atoms with Crippen molar-refractivity contribution >= 4 is 11.6 Å². The second kappa shape index (κ2) is 5.27. The van der Waals surface area contributed by atoms with Gasteiger partial charge in [0, 0.05) is 5.56 Å². The summed E-state index contributed by atoms with van der Waals surface area (Å²) in [5.41, 5.74) is 0.946. The average Bonchev–Trinajstić information content (AvgIpc) is 2.35. The average molecular weight is 246 g/mol. The number of carbonyl (C=O) groups excluding carboxylic acids is 1. The summed E-state index contributed by atoms with van der Waals surface area (Å²) in [5.74, 6) is -0.830. The molecule has 0 spiro atoms. The number of benzene rings is 1. The molecule has 4 nitrogen and oxygen atoms in total. The zero-order valence-corrected chi connectivity index (χ0v) is 9.43. The normalized spacial score (nSPS) is 10.1. The van der Waals surface area contributed by atoms with Crippen molar-refractivity contribution in [3.8, 4) is 5.75 Å². The number of halogens is 1. The largest absolute Gasteiger partial charge is 0.508 e. The van der Waals surface area contributed by atoms with E-state index in [1.807, 2.05) is 0 Å². The van der Waals surface area contributed by atoms with Crippen molar-refractivity contribution in [2.24, 2.45) is 0 Å². The number of hydrogen-bond donors (Lipinski definition) is 2. The second-order valence-corrected chi connectivity index (χ2v) is 3.72. The molecule has 5 heteroatoms. The zero-order chi connectivity index (χ0) is 13.0. The fourth-order valence-corrected chi connectivity index (χ4v) is 1.49. The van der Waals surface area contributed by atoms with Crippen LogP contribution in [0.1, 0.15) is 5.56 Å². The topological polar surface area (TPSA) is 62.2 Å². The number of hydrogen-bond acceptors (Lipinski definition) is 3. The number of nitrogens with zero attached hydrogens (tertiary/aromatic N) is 1. The highest BCUT2D eigenvalue weighted by molar-refractivity contribution is 5.92. The number of aromatic hydroxyl groups is 1. The smallest absolute Gasteiger partial charge is 0.228 e. The van der Waals surface area contributed by atoms with Gasteiger partial charge in [-0.1, -0.05) is 18.2 Å². The van der Waals surface area contributed by atoms with E-state index in [0.29, 0.717) is 11.3 Å². The van der Waals surface area contributed by atoms with Gasteiger partial charge in [0.25, 0.3) is 0 Å². The molecule has 1 amide bonds. The van der Waals surface area contributed by atoms with Crippen LogP contribution in [0.4, 0.5) is 10.1 Å². The minimum Gasteiger partial charge on any atom is -0.508 e. The van der Waals surface area contributed by atoms with Crippen LogP contribution in [0.5, 0.6) is 5.75 Å². The van der Waals surface area contributed by atoms with Gasteiger partial charge in [-0.25, -0.2) is 4.98 Å². The number of phenols is 1. The quantitative estimate of drug-likeness (QED) is 0.815. The summed E-state index contributed by atoms with van der Waals surface area (Å²) >= 11 is 0. The predicted octanol–water partition coefficient (Wildman–Crippen LogP) is 2.11. The molecular formula is C13H11FN2O2. The summed E-state index contributed by atoms with van der Waals surface area (Å²) in [4.78, 5) is 15.1. The number of aromatic nitrogens is 1. The highest BCUT2D eigenvalue weighted by atomic mass is 19.1. The van der Waals surface area contributed by atoms with E-state index in [2.05, 4.69) is 10.3 Å². The first-order valence-electron chi connectivity index (χ1n) is 5.33. The van der Waals surface area contributed by atoms with E-state index < -0.39 is 5.95 Å². The van der Waals surface area contributed by atoms with Gasteiger partial charge in [-0.3, -0.25) is 4.79 Å². The van der Waals surface area contributed by atoms with Crippen molar-refractivity contribution in [1.29, 1.82) is 0 Å². The molecule has 0 saturated heterocycles. The van der Waals surface area contributed by atoms with Crippen LogP contribution in [0, 0.1) is 5.95 Å². The maximum Gasteiger partial charge on any atom is 0.228 e. The van der Waals surface area contributed by atoms with Crippen molar-refractivity contribution in [2.45, 2.75) is 6.42 Å². The Bertz CT molecular complexity index is 555. The lowest BCUT2D eigenvalue weighted by molar-refractivity contribution is -0.115. The van der Waals surface area contributed by atoms with Gasteiger partial charge in [-0.15, -0.1) is 0 Å². The molecule has 0 atom stereocenters. The van der Waals surface area contributed by atoms with Crippen LogP contribution in [0.2, 0.25) is 0 Å². The predicted molar refractivity (Wildman–Crippen MR) is 64.6 cm³/mol. The van der Waals surface area contributed by atoms with E-state index in [-0.39, 0.29) is 18.1 Å². The number of nitrogens with one attached hydrogen (secondary N) is 1. The van der Waals surface area contributed by atoms with Crippen molar-refractivity contribution in [3.63, 3.8) is 0 Å². The van der Waals surface area contributed by atoms with Gasteiger partial charge in [0.05, 0.1) is 18.3 Å². The summed E-state index contributed by atoms with van der Waals surface area (Å²) in [5, 5.41) is 12.1. The van der Waals surface area contributed by atoms with Gasteiger partial charge in [-0.2, -0.15) is 4.39 Å². The van der Waals surface area contributed by atoms with E-state index in [4.69, 9.17) is 0 Å². The molecule has 1 heterocycles. The standard InChI is InChI=1S/C13H11FN2O2/c14-12-6-5-10(8-15-12)16-13(18)7-9-3-1-2-4-11(9)17/h1-6,8,17H,7H2,(H,16,18). The van der Waals surface area contributed by atoms with Crippen LogP contribution >= 0.6 is 0 Å². The molecule has 0 radical (unpaired) electrons. The Morgan fingerprint density at radius 2 is 2.06 bits per heavy atom. The summed E-state index contributed by atoms with van der Waals surface area (Å²) in [7, 11) is 0. The number of phenolic OH excluding ortho intramolecular Hbond substituents is 1. The summed E-state index contributed by atoms with van der Waals surface area (Å²) in [6, 6.07) is 9.18. The molecule has 92 valence electrons.